The van der Waals surface area contributed by atoms with Crippen LogP contribution in [0.4, 0.5) is 0 Å². The van der Waals surface area contributed by atoms with E-state index < -0.39 is 5.54 Å². The van der Waals surface area contributed by atoms with Gasteiger partial charge in [-0.25, -0.2) is 0 Å². The lowest BCUT2D eigenvalue weighted by molar-refractivity contribution is -0.139. The lowest BCUT2D eigenvalue weighted by Crippen LogP contribution is -2.57. The predicted molar refractivity (Wildman–Crippen MR) is 76.1 cm³/mol. The minimum Gasteiger partial charge on any atom is -0.379 e. The van der Waals surface area contributed by atoms with E-state index in [1.807, 2.05) is 6.92 Å². The molecule has 1 saturated carbocycles. The van der Waals surface area contributed by atoms with Gasteiger partial charge in [-0.05, 0) is 31.6 Å². The van der Waals surface area contributed by atoms with Crippen LogP contribution in [0.15, 0.2) is 0 Å². The topological polar surface area (TPSA) is 58.6 Å². The molecule has 0 bridgehead atoms. The van der Waals surface area contributed by atoms with Crippen molar-refractivity contribution in [2.75, 3.05) is 26.3 Å². The maximum atomic E-state index is 12.7. The van der Waals surface area contributed by atoms with Gasteiger partial charge in [0, 0.05) is 26.1 Å². The van der Waals surface area contributed by atoms with Crippen molar-refractivity contribution in [2.24, 2.45) is 11.8 Å². The highest BCUT2D eigenvalue weighted by Crippen LogP contribution is 2.41. The van der Waals surface area contributed by atoms with Gasteiger partial charge in [-0.15, -0.1) is 0 Å². The molecule has 1 heterocycles. The van der Waals surface area contributed by atoms with E-state index in [9.17, 15) is 9.59 Å². The molecule has 2 rings (SSSR count). The van der Waals surface area contributed by atoms with Gasteiger partial charge < -0.3 is 15.0 Å². The van der Waals surface area contributed by atoms with E-state index >= 15 is 0 Å². The second kappa shape index (κ2) is 6.12. The molecule has 2 fully saturated rings. The third-order valence-electron chi connectivity index (χ3n) is 4.09. The Kier molecular flexibility index (Phi) is 4.68. The summed E-state index contributed by atoms with van der Waals surface area (Å²) in [5.74, 6) is 0.836. The molecule has 0 radical (unpaired) electrons. The Morgan fingerprint density at radius 1 is 1.40 bits per heavy atom. The van der Waals surface area contributed by atoms with Crippen molar-refractivity contribution in [2.45, 2.75) is 45.6 Å². The van der Waals surface area contributed by atoms with Crippen LogP contribution in [0.1, 0.15) is 40.0 Å². The number of carbonyl (C=O) groups is 2. The fourth-order valence-corrected chi connectivity index (χ4v) is 2.72. The first-order valence-electron chi connectivity index (χ1n) is 7.61. The van der Waals surface area contributed by atoms with E-state index in [2.05, 4.69) is 19.2 Å². The molecule has 1 unspecified atom stereocenters. The van der Waals surface area contributed by atoms with Crippen LogP contribution in [0, 0.1) is 11.8 Å². The normalized spacial score (nSPS) is 27.7. The van der Waals surface area contributed by atoms with Crippen LogP contribution < -0.4 is 5.32 Å². The van der Waals surface area contributed by atoms with Gasteiger partial charge in [-0.2, -0.15) is 0 Å². The average Bonchev–Trinajstić information content (AvgIpc) is 3.20. The Balaban J connectivity index is 1.94. The molecule has 2 amide bonds. The standard InChI is InChI=1S/C15H26N2O3/c1-11(2)10-20-9-8-17-7-6-13(18)16-15(3,14(17)19)12-4-5-12/h11-12H,4-10H2,1-3H3,(H,16,18). The summed E-state index contributed by atoms with van der Waals surface area (Å²) in [5, 5.41) is 2.93. The van der Waals surface area contributed by atoms with E-state index in [0.29, 0.717) is 44.6 Å². The monoisotopic (exact) mass is 282 g/mol. The van der Waals surface area contributed by atoms with E-state index in [1.54, 1.807) is 4.90 Å². The molecule has 1 atom stereocenters. The maximum absolute atomic E-state index is 12.7. The average molecular weight is 282 g/mol. The van der Waals surface area contributed by atoms with E-state index in [4.69, 9.17) is 4.74 Å². The van der Waals surface area contributed by atoms with E-state index in [1.165, 1.54) is 0 Å². The number of rotatable bonds is 6. The molecule has 20 heavy (non-hydrogen) atoms. The summed E-state index contributed by atoms with van der Waals surface area (Å²) < 4.78 is 5.56. The smallest absolute Gasteiger partial charge is 0.248 e. The summed E-state index contributed by atoms with van der Waals surface area (Å²) in [6.45, 7) is 8.39. The molecule has 0 aromatic carbocycles. The molecule has 5 heteroatoms. The number of ether oxygens (including phenoxy) is 1. The summed E-state index contributed by atoms with van der Waals surface area (Å²) in [7, 11) is 0. The first-order chi connectivity index (χ1) is 9.43. The van der Waals surface area contributed by atoms with Gasteiger partial charge in [-0.1, -0.05) is 13.8 Å². The molecular weight excluding hydrogens is 256 g/mol. The number of amides is 2. The summed E-state index contributed by atoms with van der Waals surface area (Å²) in [5.41, 5.74) is -0.703. The Morgan fingerprint density at radius 2 is 2.10 bits per heavy atom. The third kappa shape index (κ3) is 3.51. The molecule has 0 spiro atoms. The Hall–Kier alpha value is -1.10. The zero-order valence-corrected chi connectivity index (χ0v) is 12.8. The van der Waals surface area contributed by atoms with Crippen molar-refractivity contribution in [1.29, 1.82) is 0 Å². The summed E-state index contributed by atoms with van der Waals surface area (Å²) in [6.07, 6.45) is 2.44. The van der Waals surface area contributed by atoms with E-state index in [0.717, 1.165) is 12.8 Å². The van der Waals surface area contributed by atoms with Crippen molar-refractivity contribution in [3.8, 4) is 0 Å². The zero-order valence-electron chi connectivity index (χ0n) is 12.8. The number of hydrogen-bond acceptors (Lipinski definition) is 3. The Bertz CT molecular complexity index is 379. The van der Waals surface area contributed by atoms with Gasteiger partial charge in [0.25, 0.3) is 0 Å². The van der Waals surface area contributed by atoms with Gasteiger partial charge in [-0.3, -0.25) is 9.59 Å². The fraction of sp³-hybridized carbons (Fsp3) is 0.867. The van der Waals surface area contributed by atoms with E-state index in [-0.39, 0.29) is 11.8 Å². The quantitative estimate of drug-likeness (QED) is 0.744. The molecule has 0 aromatic heterocycles. The molecule has 1 aliphatic heterocycles. The SMILES string of the molecule is CC(C)COCCN1CCC(=O)NC(C)(C2CC2)C1=O. The van der Waals surface area contributed by atoms with Gasteiger partial charge in [0.1, 0.15) is 5.54 Å². The van der Waals surface area contributed by atoms with Crippen molar-refractivity contribution in [3.63, 3.8) is 0 Å². The first kappa shape index (κ1) is 15.3. The highest BCUT2D eigenvalue weighted by molar-refractivity contribution is 5.93. The lowest BCUT2D eigenvalue weighted by Gasteiger charge is -2.32. The summed E-state index contributed by atoms with van der Waals surface area (Å²) >= 11 is 0. The second-order valence-corrected chi connectivity index (χ2v) is 6.54. The molecule has 2 aliphatic rings. The highest BCUT2D eigenvalue weighted by atomic mass is 16.5. The van der Waals surface area contributed by atoms with Crippen LogP contribution in [0.3, 0.4) is 0 Å². The number of nitrogens with one attached hydrogen (secondary N) is 1. The summed E-state index contributed by atoms with van der Waals surface area (Å²) in [4.78, 5) is 26.3. The molecule has 1 N–H and O–H groups in total. The van der Waals surface area contributed by atoms with Crippen LogP contribution in [0.2, 0.25) is 0 Å². The number of nitrogens with zero attached hydrogens (tertiary/aromatic N) is 1. The molecule has 114 valence electrons. The first-order valence-corrected chi connectivity index (χ1v) is 7.61. The van der Waals surface area contributed by atoms with Gasteiger partial charge >= 0.3 is 0 Å². The molecule has 5 nitrogen and oxygen atoms in total. The number of carbonyl (C=O) groups excluding carboxylic acids is 2. The zero-order chi connectivity index (χ0) is 14.8. The number of hydrogen-bond donors (Lipinski definition) is 1. The maximum Gasteiger partial charge on any atom is 0.248 e. The van der Waals surface area contributed by atoms with Crippen LogP contribution in [-0.4, -0.2) is 48.6 Å². The predicted octanol–water partition coefficient (Wildman–Crippen LogP) is 1.18. The van der Waals surface area contributed by atoms with Crippen LogP contribution in [0.5, 0.6) is 0 Å². The van der Waals surface area contributed by atoms with Crippen LogP contribution >= 0.6 is 0 Å². The van der Waals surface area contributed by atoms with Gasteiger partial charge in [0.05, 0.1) is 6.61 Å². The molecule has 1 saturated heterocycles. The molecular formula is C15H26N2O3. The van der Waals surface area contributed by atoms with Crippen molar-refractivity contribution in [1.82, 2.24) is 10.2 Å². The summed E-state index contributed by atoms with van der Waals surface area (Å²) in [6, 6.07) is 0. The van der Waals surface area contributed by atoms with Crippen molar-refractivity contribution in [3.05, 3.63) is 0 Å². The van der Waals surface area contributed by atoms with Crippen LogP contribution in [-0.2, 0) is 14.3 Å². The minimum atomic E-state index is -0.703. The Labute approximate surface area is 121 Å². The second-order valence-electron chi connectivity index (χ2n) is 6.54. The lowest BCUT2D eigenvalue weighted by atomic mass is 9.94. The van der Waals surface area contributed by atoms with Crippen molar-refractivity contribution < 1.29 is 14.3 Å². The molecule has 0 aromatic rings. The van der Waals surface area contributed by atoms with Gasteiger partial charge in [0.2, 0.25) is 11.8 Å². The fourth-order valence-electron chi connectivity index (χ4n) is 2.72. The van der Waals surface area contributed by atoms with Gasteiger partial charge in [0.15, 0.2) is 0 Å². The molecule has 1 aliphatic carbocycles. The third-order valence-corrected chi connectivity index (χ3v) is 4.09. The van der Waals surface area contributed by atoms with Crippen molar-refractivity contribution >= 4 is 11.8 Å². The highest BCUT2D eigenvalue weighted by Gasteiger charge is 2.50. The Morgan fingerprint density at radius 3 is 2.70 bits per heavy atom. The minimum absolute atomic E-state index is 0.0154. The largest absolute Gasteiger partial charge is 0.379 e. The van der Waals surface area contributed by atoms with Crippen LogP contribution in [0.25, 0.3) is 0 Å².